The lowest BCUT2D eigenvalue weighted by atomic mass is 10.1. The van der Waals surface area contributed by atoms with Gasteiger partial charge in [0.05, 0.1) is 23.2 Å². The van der Waals surface area contributed by atoms with Gasteiger partial charge >= 0.3 is 6.18 Å². The van der Waals surface area contributed by atoms with Crippen molar-refractivity contribution in [1.29, 1.82) is 0 Å². The third-order valence-electron chi connectivity index (χ3n) is 5.69. The van der Waals surface area contributed by atoms with E-state index in [1.54, 1.807) is 42.6 Å². The Morgan fingerprint density at radius 1 is 1.05 bits per heavy atom. The smallest absolute Gasteiger partial charge is 0.416 e. The van der Waals surface area contributed by atoms with E-state index in [-0.39, 0.29) is 23.4 Å². The quantitative estimate of drug-likeness (QED) is 0.355. The van der Waals surface area contributed by atoms with Crippen LogP contribution >= 0.6 is 0 Å². The molecule has 0 aliphatic carbocycles. The molecule has 0 saturated heterocycles. The average molecular weight is 506 g/mol. The van der Waals surface area contributed by atoms with Crippen molar-refractivity contribution in [2.24, 2.45) is 10.7 Å². The molecular formula is C26H21F3N6O2. The fourth-order valence-corrected chi connectivity index (χ4v) is 3.91. The lowest BCUT2D eigenvalue weighted by molar-refractivity contribution is -0.138. The fraction of sp³-hybridized carbons (Fsp3) is 0.154. The lowest BCUT2D eigenvalue weighted by Gasteiger charge is -2.14. The fourth-order valence-electron chi connectivity index (χ4n) is 3.91. The van der Waals surface area contributed by atoms with Crippen LogP contribution in [0.2, 0.25) is 0 Å². The van der Waals surface area contributed by atoms with Crippen LogP contribution in [0.4, 0.5) is 18.9 Å². The Hall–Kier alpha value is -4.51. The van der Waals surface area contributed by atoms with Gasteiger partial charge in [-0.1, -0.05) is 6.07 Å². The molecule has 5 rings (SSSR count). The average Bonchev–Trinajstić information content (AvgIpc) is 3.43. The third kappa shape index (κ3) is 5.36. The number of pyridine rings is 2. The van der Waals surface area contributed by atoms with E-state index in [0.717, 1.165) is 12.6 Å². The minimum absolute atomic E-state index is 0.00144. The highest BCUT2D eigenvalue weighted by Crippen LogP contribution is 2.34. The zero-order valence-corrected chi connectivity index (χ0v) is 19.3. The minimum atomic E-state index is -4.59. The number of aliphatic imine (C=N–C) groups is 1. The number of rotatable bonds is 6. The number of hydrogen-bond acceptors (Lipinski definition) is 7. The van der Waals surface area contributed by atoms with Crippen molar-refractivity contribution < 1.29 is 22.7 Å². The standard InChI is InChI=1S/C26H21F3N6O2/c27-26(28,29)21-11-18(2-1-15(21)13-30)35-25(36)17-9-16-10-19(3-4-22(16)34-14-17)37-20-5-6-31-23(12-20)24-32-7-8-33-24/h1-6,9-12,14H,7-8,13,30H2,(H,32,33)(H,35,36). The molecule has 4 N–H and O–H groups in total. The highest BCUT2D eigenvalue weighted by atomic mass is 19.4. The summed E-state index contributed by atoms with van der Waals surface area (Å²) in [4.78, 5) is 25.8. The van der Waals surface area contributed by atoms with Crippen LogP contribution in [0.15, 0.2) is 72.0 Å². The largest absolute Gasteiger partial charge is 0.457 e. The van der Waals surface area contributed by atoms with Crippen molar-refractivity contribution in [1.82, 2.24) is 15.3 Å². The number of nitrogens with one attached hydrogen (secondary N) is 2. The predicted molar refractivity (Wildman–Crippen MR) is 133 cm³/mol. The van der Waals surface area contributed by atoms with Crippen molar-refractivity contribution in [3.8, 4) is 11.5 Å². The number of benzene rings is 2. The Kier molecular flexibility index (Phi) is 6.45. The van der Waals surface area contributed by atoms with Gasteiger partial charge in [-0.25, -0.2) is 0 Å². The second-order valence-electron chi connectivity index (χ2n) is 8.24. The molecule has 188 valence electrons. The molecular weight excluding hydrogens is 485 g/mol. The number of carbonyl (C=O) groups is 1. The first-order chi connectivity index (χ1) is 17.8. The van der Waals surface area contributed by atoms with E-state index in [4.69, 9.17) is 10.5 Å². The number of carbonyl (C=O) groups excluding carboxylic acids is 1. The van der Waals surface area contributed by atoms with Crippen molar-refractivity contribution >= 4 is 28.3 Å². The molecule has 37 heavy (non-hydrogen) atoms. The van der Waals surface area contributed by atoms with Crippen LogP contribution in [-0.4, -0.2) is 34.8 Å². The molecule has 0 atom stereocenters. The van der Waals surface area contributed by atoms with Gasteiger partial charge in [0.1, 0.15) is 23.0 Å². The summed E-state index contributed by atoms with van der Waals surface area (Å²) in [6, 6.07) is 13.8. The lowest BCUT2D eigenvalue weighted by Crippen LogP contribution is -2.20. The van der Waals surface area contributed by atoms with E-state index in [1.807, 2.05) is 0 Å². The molecule has 0 fully saturated rings. The minimum Gasteiger partial charge on any atom is -0.457 e. The van der Waals surface area contributed by atoms with Crippen molar-refractivity contribution in [3.05, 3.63) is 89.4 Å². The Labute approximate surface area is 209 Å². The molecule has 1 aliphatic rings. The monoisotopic (exact) mass is 506 g/mol. The van der Waals surface area contributed by atoms with Crippen LogP contribution in [0.3, 0.4) is 0 Å². The van der Waals surface area contributed by atoms with Gasteiger partial charge < -0.3 is 21.1 Å². The maximum absolute atomic E-state index is 13.3. The van der Waals surface area contributed by atoms with Crippen molar-refractivity contribution in [3.63, 3.8) is 0 Å². The molecule has 3 heterocycles. The molecule has 0 spiro atoms. The molecule has 8 nitrogen and oxygen atoms in total. The van der Waals surface area contributed by atoms with E-state index in [9.17, 15) is 18.0 Å². The van der Waals surface area contributed by atoms with E-state index in [0.29, 0.717) is 40.5 Å². The van der Waals surface area contributed by atoms with Gasteiger partial charge in [0, 0.05) is 42.6 Å². The number of hydrogen-bond donors (Lipinski definition) is 3. The van der Waals surface area contributed by atoms with Crippen molar-refractivity contribution in [2.45, 2.75) is 12.7 Å². The maximum atomic E-state index is 13.3. The summed E-state index contributed by atoms with van der Waals surface area (Å²) in [5.74, 6) is 1.18. The second-order valence-corrected chi connectivity index (χ2v) is 8.24. The van der Waals surface area contributed by atoms with Crippen LogP contribution in [0.5, 0.6) is 11.5 Å². The Morgan fingerprint density at radius 3 is 2.65 bits per heavy atom. The molecule has 0 saturated carbocycles. The van der Waals surface area contributed by atoms with Gasteiger partial charge in [0.2, 0.25) is 0 Å². The summed E-state index contributed by atoms with van der Waals surface area (Å²) in [6.45, 7) is 1.19. The number of halogens is 3. The highest BCUT2D eigenvalue weighted by molar-refractivity contribution is 6.06. The summed E-state index contributed by atoms with van der Waals surface area (Å²) in [5, 5.41) is 6.28. The van der Waals surface area contributed by atoms with Gasteiger partial charge in [0.15, 0.2) is 0 Å². The van der Waals surface area contributed by atoms with Crippen LogP contribution in [0.1, 0.15) is 27.2 Å². The normalized spacial score (nSPS) is 13.2. The number of ether oxygens (including phenoxy) is 1. The molecule has 11 heteroatoms. The van der Waals surface area contributed by atoms with E-state index < -0.39 is 17.6 Å². The first-order valence-corrected chi connectivity index (χ1v) is 11.3. The first kappa shape index (κ1) is 24.2. The summed E-state index contributed by atoms with van der Waals surface area (Å²) in [7, 11) is 0. The van der Waals surface area contributed by atoms with E-state index in [1.165, 1.54) is 18.3 Å². The maximum Gasteiger partial charge on any atom is 0.416 e. The van der Waals surface area contributed by atoms with E-state index >= 15 is 0 Å². The molecule has 2 aromatic heterocycles. The van der Waals surface area contributed by atoms with Crippen LogP contribution in [0.25, 0.3) is 10.9 Å². The number of amidine groups is 1. The molecule has 4 aromatic rings. The van der Waals surface area contributed by atoms with Gasteiger partial charge in [0.25, 0.3) is 5.91 Å². The topological polar surface area (TPSA) is 115 Å². The molecule has 0 unspecified atom stereocenters. The Morgan fingerprint density at radius 2 is 1.89 bits per heavy atom. The third-order valence-corrected chi connectivity index (χ3v) is 5.69. The van der Waals surface area contributed by atoms with Gasteiger partial charge in [-0.05, 0) is 48.0 Å². The molecule has 2 aromatic carbocycles. The summed E-state index contributed by atoms with van der Waals surface area (Å²) < 4.78 is 46.0. The SMILES string of the molecule is NCc1ccc(NC(=O)c2cnc3ccc(Oc4ccnc(C5=NCCN5)c4)cc3c2)cc1C(F)(F)F. The van der Waals surface area contributed by atoms with Gasteiger partial charge in [-0.3, -0.25) is 19.8 Å². The number of nitrogens with zero attached hydrogens (tertiary/aromatic N) is 3. The number of amides is 1. The molecule has 1 aliphatic heterocycles. The van der Waals surface area contributed by atoms with Crippen LogP contribution in [-0.2, 0) is 12.7 Å². The Balaban J connectivity index is 1.36. The van der Waals surface area contributed by atoms with Crippen molar-refractivity contribution in [2.75, 3.05) is 18.4 Å². The van der Waals surface area contributed by atoms with Gasteiger partial charge in [-0.15, -0.1) is 0 Å². The number of alkyl halides is 3. The number of aromatic nitrogens is 2. The zero-order valence-electron chi connectivity index (χ0n) is 19.3. The molecule has 0 bridgehead atoms. The second kappa shape index (κ2) is 9.86. The first-order valence-electron chi connectivity index (χ1n) is 11.3. The number of fused-ring (bicyclic) bond motifs is 1. The molecule has 0 radical (unpaired) electrons. The zero-order chi connectivity index (χ0) is 26.0. The Bertz CT molecular complexity index is 1520. The molecule has 1 amide bonds. The highest BCUT2D eigenvalue weighted by Gasteiger charge is 2.33. The predicted octanol–water partition coefficient (Wildman–Crippen LogP) is 4.50. The van der Waals surface area contributed by atoms with Crippen LogP contribution in [0, 0.1) is 0 Å². The summed E-state index contributed by atoms with van der Waals surface area (Å²) in [5.41, 5.74) is 5.95. The van der Waals surface area contributed by atoms with E-state index in [2.05, 4.69) is 25.6 Å². The van der Waals surface area contributed by atoms with Gasteiger partial charge in [-0.2, -0.15) is 13.2 Å². The summed E-state index contributed by atoms with van der Waals surface area (Å²) in [6.07, 6.45) is -1.60. The summed E-state index contributed by atoms with van der Waals surface area (Å²) >= 11 is 0. The number of nitrogens with two attached hydrogens (primary N) is 1. The van der Waals surface area contributed by atoms with Crippen LogP contribution < -0.4 is 21.1 Å². The number of anilines is 1.